The SMILES string of the molecule is CCCCC[C@@H](O)C1OC1/C=C\C/C=C\C/C=C\CCCC(=O)O. The lowest BCUT2D eigenvalue weighted by atomic mass is 10.1. The predicted molar refractivity (Wildman–Crippen MR) is 97.0 cm³/mol. The van der Waals surface area contributed by atoms with Crippen LogP contribution in [0.15, 0.2) is 36.5 Å². The molecule has 0 amide bonds. The van der Waals surface area contributed by atoms with Crippen LogP contribution < -0.4 is 0 Å². The number of ether oxygens (including phenoxy) is 1. The molecule has 2 N–H and O–H groups in total. The molecule has 1 aliphatic rings. The number of aliphatic carboxylic acids is 1. The molecular formula is C20H32O4. The van der Waals surface area contributed by atoms with Crippen molar-refractivity contribution in [2.75, 3.05) is 0 Å². The molecule has 0 radical (unpaired) electrons. The molecule has 136 valence electrons. The van der Waals surface area contributed by atoms with Gasteiger partial charge in [0.15, 0.2) is 0 Å². The zero-order valence-corrected chi connectivity index (χ0v) is 14.8. The molecular weight excluding hydrogens is 304 g/mol. The number of carbonyl (C=O) groups is 1. The van der Waals surface area contributed by atoms with Crippen molar-refractivity contribution >= 4 is 5.97 Å². The van der Waals surface area contributed by atoms with E-state index in [0.717, 1.165) is 32.1 Å². The summed E-state index contributed by atoms with van der Waals surface area (Å²) in [7, 11) is 0. The number of aliphatic hydroxyl groups excluding tert-OH is 1. The van der Waals surface area contributed by atoms with E-state index in [0.29, 0.717) is 6.42 Å². The quantitative estimate of drug-likeness (QED) is 0.280. The maximum Gasteiger partial charge on any atom is 0.303 e. The number of rotatable bonds is 14. The molecule has 4 heteroatoms. The highest BCUT2D eigenvalue weighted by atomic mass is 16.6. The van der Waals surface area contributed by atoms with Gasteiger partial charge in [-0.2, -0.15) is 0 Å². The summed E-state index contributed by atoms with van der Waals surface area (Å²) in [6.45, 7) is 2.16. The Morgan fingerprint density at radius 2 is 1.79 bits per heavy atom. The van der Waals surface area contributed by atoms with Gasteiger partial charge < -0.3 is 14.9 Å². The van der Waals surface area contributed by atoms with E-state index >= 15 is 0 Å². The van der Waals surface area contributed by atoms with Gasteiger partial charge in [-0.1, -0.05) is 62.6 Å². The van der Waals surface area contributed by atoms with Gasteiger partial charge in [-0.3, -0.25) is 4.79 Å². The molecule has 0 bridgehead atoms. The summed E-state index contributed by atoms with van der Waals surface area (Å²) in [5, 5.41) is 18.5. The van der Waals surface area contributed by atoms with Crippen molar-refractivity contribution in [1.29, 1.82) is 0 Å². The largest absolute Gasteiger partial charge is 0.481 e. The fourth-order valence-corrected chi connectivity index (χ4v) is 2.52. The maximum atomic E-state index is 10.3. The number of hydrogen-bond donors (Lipinski definition) is 2. The Morgan fingerprint density at radius 3 is 2.50 bits per heavy atom. The van der Waals surface area contributed by atoms with Gasteiger partial charge in [-0.25, -0.2) is 0 Å². The second kappa shape index (κ2) is 13.0. The Bertz CT molecular complexity index is 425. The number of hydrogen-bond acceptors (Lipinski definition) is 3. The smallest absolute Gasteiger partial charge is 0.303 e. The van der Waals surface area contributed by atoms with Gasteiger partial charge >= 0.3 is 5.97 Å². The van der Waals surface area contributed by atoms with E-state index < -0.39 is 5.97 Å². The van der Waals surface area contributed by atoms with Gasteiger partial charge in [-0.15, -0.1) is 0 Å². The van der Waals surface area contributed by atoms with Crippen molar-refractivity contribution in [3.63, 3.8) is 0 Å². The molecule has 3 atom stereocenters. The van der Waals surface area contributed by atoms with Gasteiger partial charge in [0, 0.05) is 6.42 Å². The first-order valence-electron chi connectivity index (χ1n) is 9.17. The molecule has 0 saturated carbocycles. The van der Waals surface area contributed by atoms with Crippen molar-refractivity contribution in [2.45, 2.75) is 83.0 Å². The van der Waals surface area contributed by atoms with E-state index in [2.05, 4.69) is 31.2 Å². The van der Waals surface area contributed by atoms with Crippen molar-refractivity contribution in [1.82, 2.24) is 0 Å². The van der Waals surface area contributed by atoms with Crippen LogP contribution >= 0.6 is 0 Å². The number of aliphatic hydroxyl groups is 1. The highest BCUT2D eigenvalue weighted by Crippen LogP contribution is 2.29. The topological polar surface area (TPSA) is 70.1 Å². The van der Waals surface area contributed by atoms with E-state index in [1.54, 1.807) is 0 Å². The lowest BCUT2D eigenvalue weighted by Gasteiger charge is -2.05. The third-order valence-electron chi connectivity index (χ3n) is 4.01. The second-order valence-corrected chi connectivity index (χ2v) is 6.26. The van der Waals surface area contributed by atoms with Crippen molar-refractivity contribution in [3.05, 3.63) is 36.5 Å². The first kappa shape index (κ1) is 20.7. The minimum atomic E-state index is -0.731. The molecule has 0 spiro atoms. The fourth-order valence-electron chi connectivity index (χ4n) is 2.52. The minimum Gasteiger partial charge on any atom is -0.481 e. The monoisotopic (exact) mass is 336 g/mol. The number of allylic oxidation sites excluding steroid dienone is 5. The summed E-state index contributed by atoms with van der Waals surface area (Å²) in [4.78, 5) is 10.3. The Kier molecular flexibility index (Phi) is 11.2. The average Bonchev–Trinajstić information content (AvgIpc) is 3.32. The molecule has 1 saturated heterocycles. The number of carboxylic acid groups (broad SMARTS) is 1. The Labute approximate surface area is 145 Å². The van der Waals surface area contributed by atoms with Crippen molar-refractivity contribution in [2.24, 2.45) is 0 Å². The molecule has 0 aromatic carbocycles. The highest BCUT2D eigenvalue weighted by Gasteiger charge is 2.41. The Hall–Kier alpha value is -1.39. The van der Waals surface area contributed by atoms with Crippen molar-refractivity contribution in [3.8, 4) is 0 Å². The molecule has 1 rings (SSSR count). The molecule has 4 nitrogen and oxygen atoms in total. The van der Waals surface area contributed by atoms with Crippen molar-refractivity contribution < 1.29 is 19.7 Å². The van der Waals surface area contributed by atoms with E-state index in [-0.39, 0.29) is 24.7 Å². The number of carboxylic acids is 1. The number of epoxide rings is 1. The van der Waals surface area contributed by atoms with E-state index in [1.807, 2.05) is 12.2 Å². The highest BCUT2D eigenvalue weighted by molar-refractivity contribution is 5.66. The molecule has 0 aromatic heterocycles. The minimum absolute atomic E-state index is 0.00387. The van der Waals surface area contributed by atoms with Crippen LogP contribution in [-0.4, -0.2) is 34.5 Å². The zero-order chi connectivity index (χ0) is 17.6. The molecule has 1 fully saturated rings. The second-order valence-electron chi connectivity index (χ2n) is 6.26. The van der Waals surface area contributed by atoms with Crippen LogP contribution in [0.2, 0.25) is 0 Å². The zero-order valence-electron chi connectivity index (χ0n) is 14.8. The predicted octanol–water partition coefficient (Wildman–Crippen LogP) is 4.40. The third-order valence-corrected chi connectivity index (χ3v) is 4.01. The van der Waals surface area contributed by atoms with Gasteiger partial charge in [0.1, 0.15) is 12.2 Å². The molecule has 1 aliphatic heterocycles. The normalized spacial score (nSPS) is 21.9. The Morgan fingerprint density at radius 1 is 1.08 bits per heavy atom. The summed E-state index contributed by atoms with van der Waals surface area (Å²) in [5.74, 6) is -0.731. The molecule has 0 aromatic rings. The van der Waals surface area contributed by atoms with Crippen LogP contribution in [0.3, 0.4) is 0 Å². The molecule has 1 heterocycles. The summed E-state index contributed by atoms with van der Waals surface area (Å²) in [5.41, 5.74) is 0. The standard InChI is InChI=1S/C20H32O4/c1-2-3-11-14-17(21)20-18(24-20)15-12-9-7-5-4-6-8-10-13-16-19(22)23/h5-8,12,15,17-18,20-21H,2-4,9-11,13-14,16H2,1H3,(H,22,23)/b7-5-,8-6-,15-12-/t17-,18?,20?/m1/s1. The lowest BCUT2D eigenvalue weighted by Crippen LogP contribution is -2.16. The van der Waals surface area contributed by atoms with Crippen LogP contribution in [-0.2, 0) is 9.53 Å². The van der Waals surface area contributed by atoms with E-state index in [4.69, 9.17) is 9.84 Å². The van der Waals surface area contributed by atoms with Crippen LogP contribution in [0.25, 0.3) is 0 Å². The Balaban J connectivity index is 2.00. The first-order valence-corrected chi connectivity index (χ1v) is 9.17. The van der Waals surface area contributed by atoms with Crippen LogP contribution in [0.5, 0.6) is 0 Å². The third kappa shape index (κ3) is 10.4. The van der Waals surface area contributed by atoms with Crippen LogP contribution in [0.4, 0.5) is 0 Å². The number of unbranched alkanes of at least 4 members (excludes halogenated alkanes) is 3. The summed E-state index contributed by atoms with van der Waals surface area (Å²) in [6, 6.07) is 0. The summed E-state index contributed by atoms with van der Waals surface area (Å²) < 4.78 is 5.50. The molecule has 24 heavy (non-hydrogen) atoms. The van der Waals surface area contributed by atoms with E-state index in [9.17, 15) is 9.90 Å². The lowest BCUT2D eigenvalue weighted by molar-refractivity contribution is -0.137. The van der Waals surface area contributed by atoms with Gasteiger partial charge in [0.05, 0.1) is 6.10 Å². The first-order chi connectivity index (χ1) is 11.6. The fraction of sp³-hybridized carbons (Fsp3) is 0.650. The average molecular weight is 336 g/mol. The van der Waals surface area contributed by atoms with Crippen LogP contribution in [0.1, 0.15) is 64.7 Å². The van der Waals surface area contributed by atoms with Gasteiger partial charge in [-0.05, 0) is 32.1 Å². The summed E-state index contributed by atoms with van der Waals surface area (Å²) in [6.07, 6.45) is 19.9. The van der Waals surface area contributed by atoms with Gasteiger partial charge in [0.2, 0.25) is 0 Å². The molecule has 2 unspecified atom stereocenters. The van der Waals surface area contributed by atoms with E-state index in [1.165, 1.54) is 12.8 Å². The van der Waals surface area contributed by atoms with Gasteiger partial charge in [0.25, 0.3) is 0 Å². The molecule has 0 aliphatic carbocycles. The summed E-state index contributed by atoms with van der Waals surface area (Å²) >= 11 is 0. The maximum absolute atomic E-state index is 10.3. The van der Waals surface area contributed by atoms with Crippen LogP contribution in [0, 0.1) is 0 Å².